The second-order valence-electron chi connectivity index (χ2n) is 5.26. The Morgan fingerprint density at radius 2 is 1.64 bits per heavy atom. The van der Waals surface area contributed by atoms with Crippen LogP contribution < -0.4 is 25.2 Å². The number of hydrogen-bond acceptors (Lipinski definition) is 5. The smallest absolute Gasteiger partial charge is 0.319 e. The number of benzene rings is 2. The molecule has 0 aliphatic heterocycles. The SMILES string of the molecule is COc1cc(NC(=O)N[C@@H](Cc2ccccc2)C(=O)[O-])cc(OC)c1. The Hall–Kier alpha value is -3.22. The summed E-state index contributed by atoms with van der Waals surface area (Å²) < 4.78 is 10.2. The van der Waals surface area contributed by atoms with E-state index in [0.29, 0.717) is 17.2 Å². The summed E-state index contributed by atoms with van der Waals surface area (Å²) in [7, 11) is 2.98. The molecule has 2 rings (SSSR count). The van der Waals surface area contributed by atoms with Crippen molar-refractivity contribution in [3.8, 4) is 11.5 Å². The van der Waals surface area contributed by atoms with Crippen molar-refractivity contribution in [3.05, 3.63) is 54.1 Å². The third kappa shape index (κ3) is 5.42. The van der Waals surface area contributed by atoms with E-state index in [1.165, 1.54) is 14.2 Å². The molecule has 0 aliphatic carbocycles. The van der Waals surface area contributed by atoms with Crippen molar-refractivity contribution in [3.63, 3.8) is 0 Å². The van der Waals surface area contributed by atoms with Gasteiger partial charge in [0.05, 0.1) is 26.2 Å². The fraction of sp³-hybridized carbons (Fsp3) is 0.222. The summed E-state index contributed by atoms with van der Waals surface area (Å²) in [5, 5.41) is 16.3. The number of hydrogen-bond donors (Lipinski definition) is 2. The van der Waals surface area contributed by atoms with Crippen LogP contribution in [0.15, 0.2) is 48.5 Å². The fourth-order valence-corrected chi connectivity index (χ4v) is 2.25. The van der Waals surface area contributed by atoms with E-state index < -0.39 is 18.0 Å². The van der Waals surface area contributed by atoms with Gasteiger partial charge in [0.2, 0.25) is 0 Å². The molecule has 0 radical (unpaired) electrons. The van der Waals surface area contributed by atoms with Crippen LogP contribution in [0.2, 0.25) is 0 Å². The van der Waals surface area contributed by atoms with E-state index in [-0.39, 0.29) is 6.42 Å². The molecular formula is C18H19N2O5-. The maximum atomic E-state index is 12.1. The van der Waals surface area contributed by atoms with Gasteiger partial charge >= 0.3 is 6.03 Å². The van der Waals surface area contributed by atoms with Crippen LogP contribution in [-0.2, 0) is 11.2 Å². The van der Waals surface area contributed by atoms with Gasteiger partial charge in [0.1, 0.15) is 11.5 Å². The van der Waals surface area contributed by atoms with Crippen molar-refractivity contribution in [1.82, 2.24) is 5.32 Å². The molecule has 2 aromatic rings. The Bertz CT molecular complexity index is 711. The first kappa shape index (κ1) is 18.1. The summed E-state index contributed by atoms with van der Waals surface area (Å²) in [6.07, 6.45) is 0.123. The van der Waals surface area contributed by atoms with Gasteiger partial charge in [-0.2, -0.15) is 0 Å². The first-order valence-electron chi connectivity index (χ1n) is 7.57. The van der Waals surface area contributed by atoms with E-state index in [2.05, 4.69) is 10.6 Å². The number of methoxy groups -OCH3 is 2. The van der Waals surface area contributed by atoms with Gasteiger partial charge in [-0.15, -0.1) is 0 Å². The number of amides is 2. The van der Waals surface area contributed by atoms with Crippen LogP contribution in [0.25, 0.3) is 0 Å². The maximum absolute atomic E-state index is 12.1. The molecule has 2 N–H and O–H groups in total. The fourth-order valence-electron chi connectivity index (χ4n) is 2.25. The number of nitrogens with one attached hydrogen (secondary N) is 2. The van der Waals surface area contributed by atoms with Crippen LogP contribution in [0.4, 0.5) is 10.5 Å². The normalized spacial score (nSPS) is 11.3. The van der Waals surface area contributed by atoms with Crippen molar-refractivity contribution in [2.45, 2.75) is 12.5 Å². The molecule has 0 aliphatic rings. The molecule has 0 saturated carbocycles. The highest BCUT2D eigenvalue weighted by molar-refractivity contribution is 5.92. The minimum Gasteiger partial charge on any atom is -0.548 e. The summed E-state index contributed by atoms with van der Waals surface area (Å²) in [5.74, 6) is -0.368. The number of ether oxygens (including phenoxy) is 2. The summed E-state index contributed by atoms with van der Waals surface area (Å²) in [6.45, 7) is 0. The molecule has 1 atom stereocenters. The van der Waals surface area contributed by atoms with Crippen molar-refractivity contribution in [2.75, 3.05) is 19.5 Å². The minimum absolute atomic E-state index is 0.123. The minimum atomic E-state index is -1.36. The maximum Gasteiger partial charge on any atom is 0.319 e. The molecule has 2 aromatic carbocycles. The quantitative estimate of drug-likeness (QED) is 0.786. The largest absolute Gasteiger partial charge is 0.548 e. The number of carboxylic acids is 1. The van der Waals surface area contributed by atoms with Crippen LogP contribution in [0.5, 0.6) is 11.5 Å². The molecule has 7 heteroatoms. The van der Waals surface area contributed by atoms with Gasteiger partial charge in [0, 0.05) is 23.9 Å². The number of carbonyl (C=O) groups is 2. The lowest BCUT2D eigenvalue weighted by molar-refractivity contribution is -0.308. The Balaban J connectivity index is 2.05. The predicted molar refractivity (Wildman–Crippen MR) is 90.6 cm³/mol. The summed E-state index contributed by atoms with van der Waals surface area (Å²) >= 11 is 0. The van der Waals surface area contributed by atoms with Crippen LogP contribution in [0.1, 0.15) is 5.56 Å². The average Bonchev–Trinajstić information content (AvgIpc) is 2.61. The van der Waals surface area contributed by atoms with E-state index in [1.54, 1.807) is 42.5 Å². The van der Waals surface area contributed by atoms with Crippen molar-refractivity contribution in [2.24, 2.45) is 0 Å². The Kier molecular flexibility index (Phi) is 6.22. The van der Waals surface area contributed by atoms with Crippen molar-refractivity contribution in [1.29, 1.82) is 0 Å². The predicted octanol–water partition coefficient (Wildman–Crippen LogP) is 1.19. The number of urea groups is 1. The molecule has 132 valence electrons. The van der Waals surface area contributed by atoms with Gasteiger partial charge in [-0.3, -0.25) is 0 Å². The second kappa shape index (κ2) is 8.58. The zero-order valence-electron chi connectivity index (χ0n) is 13.9. The van der Waals surface area contributed by atoms with E-state index in [4.69, 9.17) is 9.47 Å². The van der Waals surface area contributed by atoms with Crippen molar-refractivity contribution >= 4 is 17.7 Å². The summed E-state index contributed by atoms with van der Waals surface area (Å²) in [5.41, 5.74) is 1.19. The van der Waals surface area contributed by atoms with Gasteiger partial charge in [0.15, 0.2) is 0 Å². The number of anilines is 1. The Morgan fingerprint density at radius 3 is 2.16 bits per heavy atom. The monoisotopic (exact) mass is 343 g/mol. The van der Waals surface area contributed by atoms with Gasteiger partial charge in [-0.05, 0) is 12.0 Å². The first-order valence-corrected chi connectivity index (χ1v) is 7.57. The Labute approximate surface area is 145 Å². The van der Waals surface area contributed by atoms with E-state index in [1.807, 2.05) is 6.07 Å². The third-order valence-electron chi connectivity index (χ3n) is 3.48. The highest BCUT2D eigenvalue weighted by Gasteiger charge is 2.15. The lowest BCUT2D eigenvalue weighted by atomic mass is 10.1. The Morgan fingerprint density at radius 1 is 1.04 bits per heavy atom. The first-order chi connectivity index (χ1) is 12.0. The molecule has 0 spiro atoms. The molecule has 0 bridgehead atoms. The third-order valence-corrected chi connectivity index (χ3v) is 3.48. The highest BCUT2D eigenvalue weighted by atomic mass is 16.5. The van der Waals surface area contributed by atoms with Crippen LogP contribution in [-0.4, -0.2) is 32.3 Å². The average molecular weight is 343 g/mol. The summed E-state index contributed by atoms with van der Waals surface area (Å²) in [4.78, 5) is 23.4. The second-order valence-corrected chi connectivity index (χ2v) is 5.26. The number of carboxylic acid groups (broad SMARTS) is 1. The number of carbonyl (C=O) groups excluding carboxylic acids is 2. The molecular weight excluding hydrogens is 324 g/mol. The van der Waals surface area contributed by atoms with Gasteiger partial charge in [-0.1, -0.05) is 30.3 Å². The van der Waals surface area contributed by atoms with Crippen LogP contribution >= 0.6 is 0 Å². The van der Waals surface area contributed by atoms with Crippen molar-refractivity contribution < 1.29 is 24.2 Å². The molecule has 7 nitrogen and oxygen atoms in total. The lowest BCUT2D eigenvalue weighted by Gasteiger charge is -2.20. The standard InChI is InChI=1S/C18H20N2O5/c1-24-14-9-13(10-15(11-14)25-2)19-18(23)20-16(17(21)22)8-12-6-4-3-5-7-12/h3-7,9-11,16H,8H2,1-2H3,(H,21,22)(H2,19,20,23)/p-1/t16-/m0/s1. The van der Waals surface area contributed by atoms with Gasteiger partial charge in [0.25, 0.3) is 0 Å². The molecule has 0 saturated heterocycles. The van der Waals surface area contributed by atoms with Crippen LogP contribution in [0, 0.1) is 0 Å². The zero-order chi connectivity index (χ0) is 18.2. The van der Waals surface area contributed by atoms with Gasteiger partial charge < -0.3 is 30.0 Å². The number of aliphatic carboxylic acids is 1. The highest BCUT2D eigenvalue weighted by Crippen LogP contribution is 2.25. The summed E-state index contributed by atoms with van der Waals surface area (Å²) in [6, 6.07) is 12.0. The van der Waals surface area contributed by atoms with E-state index in [9.17, 15) is 14.7 Å². The van der Waals surface area contributed by atoms with Gasteiger partial charge in [-0.25, -0.2) is 4.79 Å². The van der Waals surface area contributed by atoms with E-state index >= 15 is 0 Å². The molecule has 2 amide bonds. The molecule has 0 unspecified atom stereocenters. The molecule has 0 fully saturated rings. The van der Waals surface area contributed by atoms with Crippen LogP contribution in [0.3, 0.4) is 0 Å². The molecule has 0 aromatic heterocycles. The number of rotatable bonds is 7. The lowest BCUT2D eigenvalue weighted by Crippen LogP contribution is -2.50. The van der Waals surface area contributed by atoms with E-state index in [0.717, 1.165) is 5.56 Å². The molecule has 25 heavy (non-hydrogen) atoms. The topological polar surface area (TPSA) is 99.7 Å². The zero-order valence-corrected chi connectivity index (χ0v) is 13.9. The molecule has 0 heterocycles.